The first-order valence-corrected chi connectivity index (χ1v) is 7.68. The van der Waals surface area contributed by atoms with E-state index >= 15 is 0 Å². The summed E-state index contributed by atoms with van der Waals surface area (Å²) in [5, 5.41) is 24.3. The molecule has 2 aromatic rings. The van der Waals surface area contributed by atoms with Crippen LogP contribution in [0.15, 0.2) is 35.7 Å². The summed E-state index contributed by atoms with van der Waals surface area (Å²) in [4.78, 5) is 34.3. The Hall–Kier alpha value is -2.94. The van der Waals surface area contributed by atoms with Gasteiger partial charge in [0.05, 0.1) is 24.5 Å². The average molecular weight is 350 g/mol. The number of carboxylic acid groups (broad SMARTS) is 1. The second kappa shape index (κ2) is 7.55. The molecule has 0 aliphatic carbocycles. The van der Waals surface area contributed by atoms with E-state index < -0.39 is 22.8 Å². The van der Waals surface area contributed by atoms with Gasteiger partial charge < -0.3 is 15.2 Å². The highest BCUT2D eigenvalue weighted by atomic mass is 32.1. The third-order valence-corrected chi connectivity index (χ3v) is 4.20. The Labute approximate surface area is 140 Å². The quantitative estimate of drug-likeness (QED) is 0.585. The molecule has 0 bridgehead atoms. The first kappa shape index (κ1) is 17.4. The van der Waals surface area contributed by atoms with Crippen molar-refractivity contribution in [3.05, 3.63) is 56.3 Å². The Bertz CT molecular complexity index is 759. The largest absolute Gasteiger partial charge is 0.490 e. The molecule has 1 amide bonds. The molecule has 0 saturated carbocycles. The highest BCUT2D eigenvalue weighted by Crippen LogP contribution is 2.28. The van der Waals surface area contributed by atoms with Gasteiger partial charge in [-0.1, -0.05) is 6.07 Å². The van der Waals surface area contributed by atoms with Crippen LogP contribution in [0.4, 0.5) is 5.69 Å². The lowest BCUT2D eigenvalue weighted by Gasteiger charge is -2.16. The van der Waals surface area contributed by atoms with Crippen LogP contribution in [0.5, 0.6) is 5.75 Å². The molecule has 1 aromatic heterocycles. The van der Waals surface area contributed by atoms with Gasteiger partial charge in [0.25, 0.3) is 5.91 Å². The number of hydrogen-bond acceptors (Lipinski definition) is 6. The number of nitro benzene ring substituents is 1. The summed E-state index contributed by atoms with van der Waals surface area (Å²) in [5.41, 5.74) is -0.112. The minimum atomic E-state index is -1.05. The number of aliphatic carboxylic acids is 1. The van der Waals surface area contributed by atoms with Crippen molar-refractivity contribution in [3.63, 3.8) is 0 Å². The van der Waals surface area contributed by atoms with Crippen molar-refractivity contribution in [2.24, 2.45) is 0 Å². The normalized spacial score (nSPS) is 11.5. The molecule has 0 saturated heterocycles. The SMILES string of the molecule is COc1cc(C(=O)N[C@@H](CC(=O)O)c2cccs2)ccc1[N+](=O)[O-]. The van der Waals surface area contributed by atoms with E-state index in [1.807, 2.05) is 0 Å². The van der Waals surface area contributed by atoms with Crippen molar-refractivity contribution in [1.29, 1.82) is 0 Å². The molecule has 24 heavy (non-hydrogen) atoms. The molecule has 1 aromatic carbocycles. The molecule has 2 rings (SSSR count). The van der Waals surface area contributed by atoms with E-state index in [0.717, 1.165) is 0 Å². The van der Waals surface area contributed by atoms with Gasteiger partial charge in [-0.15, -0.1) is 11.3 Å². The molecule has 0 radical (unpaired) electrons. The standard InChI is InChI=1S/C15H14N2O6S/c1-23-12-7-9(4-5-11(12)17(21)22)15(20)16-10(8-14(18)19)13-3-2-6-24-13/h2-7,10H,8H2,1H3,(H,16,20)(H,18,19)/t10-/m0/s1. The van der Waals surface area contributed by atoms with Crippen molar-refractivity contribution in [1.82, 2.24) is 5.32 Å². The van der Waals surface area contributed by atoms with Gasteiger partial charge >= 0.3 is 11.7 Å². The number of hydrogen-bond donors (Lipinski definition) is 2. The summed E-state index contributed by atoms with van der Waals surface area (Å²) in [6.07, 6.45) is -0.267. The molecule has 126 valence electrons. The summed E-state index contributed by atoms with van der Waals surface area (Å²) in [6.45, 7) is 0. The zero-order valence-electron chi connectivity index (χ0n) is 12.6. The summed E-state index contributed by atoms with van der Waals surface area (Å²) < 4.78 is 4.93. The summed E-state index contributed by atoms with van der Waals surface area (Å²) >= 11 is 1.33. The predicted octanol–water partition coefficient (Wildman–Crippen LogP) is 2.61. The molecule has 8 nitrogen and oxygen atoms in total. The minimum Gasteiger partial charge on any atom is -0.490 e. The fourth-order valence-corrected chi connectivity index (χ4v) is 2.88. The molecule has 0 unspecified atom stereocenters. The molecule has 1 atom stereocenters. The monoisotopic (exact) mass is 350 g/mol. The lowest BCUT2D eigenvalue weighted by Crippen LogP contribution is -2.29. The Kier molecular flexibility index (Phi) is 5.48. The number of nitrogens with zero attached hydrogens (tertiary/aromatic N) is 1. The number of carbonyl (C=O) groups is 2. The molecule has 2 N–H and O–H groups in total. The average Bonchev–Trinajstić information content (AvgIpc) is 3.07. The van der Waals surface area contributed by atoms with Crippen LogP contribution < -0.4 is 10.1 Å². The maximum atomic E-state index is 12.4. The summed E-state index contributed by atoms with van der Waals surface area (Å²) in [6, 6.07) is 6.52. The first-order chi connectivity index (χ1) is 11.4. The maximum absolute atomic E-state index is 12.4. The zero-order valence-corrected chi connectivity index (χ0v) is 13.4. The van der Waals surface area contributed by atoms with Crippen LogP contribution in [0, 0.1) is 10.1 Å². The number of amides is 1. The van der Waals surface area contributed by atoms with Gasteiger partial charge in [-0.25, -0.2) is 0 Å². The molecule has 0 aliphatic rings. The molecule has 0 aliphatic heterocycles. The summed E-state index contributed by atoms with van der Waals surface area (Å²) in [5.74, 6) is -1.63. The van der Waals surface area contributed by atoms with Crippen molar-refractivity contribution in [2.75, 3.05) is 7.11 Å². The van der Waals surface area contributed by atoms with Crippen LogP contribution in [0.3, 0.4) is 0 Å². The van der Waals surface area contributed by atoms with Gasteiger partial charge in [0.1, 0.15) is 0 Å². The molecular formula is C15H14N2O6S. The second-order valence-corrected chi connectivity index (χ2v) is 5.76. The van der Waals surface area contributed by atoms with Crippen molar-refractivity contribution < 1.29 is 24.4 Å². The van der Waals surface area contributed by atoms with Gasteiger partial charge in [0.15, 0.2) is 5.75 Å². The second-order valence-electron chi connectivity index (χ2n) is 4.78. The maximum Gasteiger partial charge on any atom is 0.310 e. The number of thiophene rings is 1. The van der Waals surface area contributed by atoms with E-state index in [1.54, 1.807) is 17.5 Å². The van der Waals surface area contributed by atoms with Crippen molar-refractivity contribution in [3.8, 4) is 5.75 Å². The van der Waals surface area contributed by atoms with Gasteiger partial charge in [-0.3, -0.25) is 19.7 Å². The highest BCUT2D eigenvalue weighted by molar-refractivity contribution is 7.10. The molecule has 0 fully saturated rings. The fraction of sp³-hybridized carbons (Fsp3) is 0.200. The van der Waals surface area contributed by atoms with Gasteiger partial charge in [0, 0.05) is 22.6 Å². The Morgan fingerprint density at radius 2 is 2.17 bits per heavy atom. The van der Waals surface area contributed by atoms with E-state index in [2.05, 4.69) is 5.32 Å². The number of rotatable bonds is 7. The Balaban J connectivity index is 2.24. The van der Waals surface area contributed by atoms with Crippen LogP contribution in [-0.4, -0.2) is 29.0 Å². The molecule has 9 heteroatoms. The Morgan fingerprint density at radius 1 is 1.42 bits per heavy atom. The van der Waals surface area contributed by atoms with E-state index in [4.69, 9.17) is 9.84 Å². The van der Waals surface area contributed by atoms with E-state index in [0.29, 0.717) is 4.88 Å². The Morgan fingerprint density at radius 3 is 2.71 bits per heavy atom. The number of nitro groups is 1. The highest BCUT2D eigenvalue weighted by Gasteiger charge is 2.22. The number of nitrogens with one attached hydrogen (secondary N) is 1. The van der Waals surface area contributed by atoms with Crippen LogP contribution in [0.1, 0.15) is 27.7 Å². The number of carbonyl (C=O) groups excluding carboxylic acids is 1. The minimum absolute atomic E-state index is 0.0430. The molecule has 0 spiro atoms. The van der Waals surface area contributed by atoms with Crippen molar-refractivity contribution >= 4 is 28.9 Å². The van der Waals surface area contributed by atoms with E-state index in [9.17, 15) is 19.7 Å². The number of methoxy groups -OCH3 is 1. The number of benzene rings is 1. The lowest BCUT2D eigenvalue weighted by molar-refractivity contribution is -0.385. The zero-order chi connectivity index (χ0) is 17.7. The molecule has 1 heterocycles. The smallest absolute Gasteiger partial charge is 0.310 e. The van der Waals surface area contributed by atoms with Crippen LogP contribution in [0.2, 0.25) is 0 Å². The van der Waals surface area contributed by atoms with Gasteiger partial charge in [-0.05, 0) is 17.5 Å². The third-order valence-electron chi connectivity index (χ3n) is 3.21. The predicted molar refractivity (Wildman–Crippen MR) is 86.4 cm³/mol. The van der Waals surface area contributed by atoms with Crippen LogP contribution in [0.25, 0.3) is 0 Å². The number of carboxylic acids is 1. The first-order valence-electron chi connectivity index (χ1n) is 6.81. The fourth-order valence-electron chi connectivity index (χ4n) is 2.10. The van der Waals surface area contributed by atoms with E-state index in [-0.39, 0.29) is 23.4 Å². The summed E-state index contributed by atoms with van der Waals surface area (Å²) in [7, 11) is 1.27. The van der Waals surface area contributed by atoms with Gasteiger partial charge in [-0.2, -0.15) is 0 Å². The third kappa shape index (κ3) is 4.07. The lowest BCUT2D eigenvalue weighted by atomic mass is 10.1. The topological polar surface area (TPSA) is 119 Å². The van der Waals surface area contributed by atoms with E-state index in [1.165, 1.54) is 36.6 Å². The van der Waals surface area contributed by atoms with Crippen LogP contribution in [-0.2, 0) is 4.79 Å². The number of ether oxygens (including phenoxy) is 1. The van der Waals surface area contributed by atoms with Crippen molar-refractivity contribution in [2.45, 2.75) is 12.5 Å². The van der Waals surface area contributed by atoms with Crippen LogP contribution >= 0.6 is 11.3 Å². The van der Waals surface area contributed by atoms with Gasteiger partial charge in [0.2, 0.25) is 0 Å². The molecular weight excluding hydrogens is 336 g/mol.